The highest BCUT2D eigenvalue weighted by atomic mass is 35.5. The van der Waals surface area contributed by atoms with Gasteiger partial charge >= 0.3 is 0 Å². The average molecular weight is 415 g/mol. The summed E-state index contributed by atoms with van der Waals surface area (Å²) in [6.45, 7) is 0. The number of carbonyl (C=O) groups is 1. The van der Waals surface area contributed by atoms with Crippen LogP contribution < -0.4 is 10.1 Å². The van der Waals surface area contributed by atoms with E-state index < -0.39 is 0 Å². The summed E-state index contributed by atoms with van der Waals surface area (Å²) >= 11 is 12.1. The van der Waals surface area contributed by atoms with E-state index >= 15 is 0 Å². The first kappa shape index (κ1) is 19.7. The molecule has 3 aromatic rings. The van der Waals surface area contributed by atoms with Gasteiger partial charge in [0.2, 0.25) is 0 Å². The Labute approximate surface area is 172 Å². The number of benzene rings is 2. The molecule has 2 N–H and O–H groups in total. The minimum atomic E-state index is -0.254. The zero-order chi connectivity index (χ0) is 20.1. The summed E-state index contributed by atoms with van der Waals surface area (Å²) in [5.74, 6) is 0.482. The number of halogens is 2. The molecule has 1 heterocycles. The number of pyridine rings is 1. The van der Waals surface area contributed by atoms with Crippen molar-refractivity contribution in [1.29, 1.82) is 0 Å². The Kier molecular flexibility index (Phi) is 6.19. The van der Waals surface area contributed by atoms with Gasteiger partial charge in [-0.25, -0.2) is 4.98 Å². The molecule has 28 heavy (non-hydrogen) atoms. The molecule has 0 aliphatic rings. The number of carbonyl (C=O) groups excluding carboxylic acids is 1. The van der Waals surface area contributed by atoms with Gasteiger partial charge in [-0.15, -0.1) is 0 Å². The largest absolute Gasteiger partial charge is 0.504 e. The maximum Gasteiger partial charge on any atom is 0.189 e. The Hall–Kier alpha value is -3.02. The summed E-state index contributed by atoms with van der Waals surface area (Å²) in [7, 11) is 1.47. The zero-order valence-corrected chi connectivity index (χ0v) is 16.3. The molecule has 0 amide bonds. The third kappa shape index (κ3) is 4.63. The van der Waals surface area contributed by atoms with Crippen molar-refractivity contribution in [3.05, 3.63) is 82.0 Å². The number of aromatic nitrogens is 1. The van der Waals surface area contributed by atoms with Gasteiger partial charge in [-0.1, -0.05) is 35.3 Å². The Morgan fingerprint density at radius 1 is 1.18 bits per heavy atom. The second-order valence-corrected chi connectivity index (χ2v) is 6.62. The summed E-state index contributed by atoms with van der Waals surface area (Å²) in [6, 6.07) is 13.2. The number of anilines is 2. The van der Waals surface area contributed by atoms with Gasteiger partial charge in [0.25, 0.3) is 0 Å². The molecule has 0 saturated carbocycles. The van der Waals surface area contributed by atoms with Gasteiger partial charge in [0.15, 0.2) is 17.3 Å². The molecule has 1 aromatic heterocycles. The van der Waals surface area contributed by atoms with E-state index in [0.29, 0.717) is 38.4 Å². The summed E-state index contributed by atoms with van der Waals surface area (Å²) < 4.78 is 5.01. The van der Waals surface area contributed by atoms with Crippen molar-refractivity contribution in [2.24, 2.45) is 0 Å². The van der Waals surface area contributed by atoms with Crippen molar-refractivity contribution < 1.29 is 14.6 Å². The molecule has 0 fully saturated rings. The number of aromatic hydroxyl groups is 1. The van der Waals surface area contributed by atoms with Crippen LogP contribution in [0.5, 0.6) is 11.5 Å². The lowest BCUT2D eigenvalue weighted by Gasteiger charge is -2.10. The fourth-order valence-electron chi connectivity index (χ4n) is 2.49. The molecule has 0 saturated heterocycles. The fourth-order valence-corrected chi connectivity index (χ4v) is 2.95. The maximum atomic E-state index is 12.7. The highest BCUT2D eigenvalue weighted by Gasteiger charge is 2.12. The van der Waals surface area contributed by atoms with Gasteiger partial charge < -0.3 is 15.2 Å². The molecule has 0 radical (unpaired) electrons. The number of methoxy groups -OCH3 is 1. The number of phenols is 1. The first-order chi connectivity index (χ1) is 13.5. The molecule has 0 unspecified atom stereocenters. The summed E-state index contributed by atoms with van der Waals surface area (Å²) in [5.41, 5.74) is 1.62. The normalized spacial score (nSPS) is 10.8. The van der Waals surface area contributed by atoms with Crippen molar-refractivity contribution in [1.82, 2.24) is 4.98 Å². The Balaban J connectivity index is 1.83. The number of phenolic OH excluding ortho intramolecular Hbond substituents is 1. The van der Waals surface area contributed by atoms with Crippen LogP contribution in [0.15, 0.2) is 60.8 Å². The first-order valence-electron chi connectivity index (χ1n) is 8.24. The molecular weight excluding hydrogens is 399 g/mol. The van der Waals surface area contributed by atoms with Gasteiger partial charge in [0.05, 0.1) is 23.4 Å². The van der Waals surface area contributed by atoms with E-state index in [1.807, 2.05) is 0 Å². The highest BCUT2D eigenvalue weighted by Crippen LogP contribution is 2.29. The van der Waals surface area contributed by atoms with Crippen LogP contribution in [-0.4, -0.2) is 23.0 Å². The SMILES string of the molecule is COc1ccc(C=CC(=O)c2cccnc2Nc2ccc(Cl)cc2Cl)cc1O. The lowest BCUT2D eigenvalue weighted by Crippen LogP contribution is -2.03. The molecule has 2 aromatic carbocycles. The van der Waals surface area contributed by atoms with Gasteiger partial charge in [0, 0.05) is 11.2 Å². The van der Waals surface area contributed by atoms with Crippen LogP contribution in [0.1, 0.15) is 15.9 Å². The number of ketones is 1. The second kappa shape index (κ2) is 8.78. The van der Waals surface area contributed by atoms with Crippen LogP contribution in [0.3, 0.4) is 0 Å². The molecule has 5 nitrogen and oxygen atoms in total. The number of nitrogens with zero attached hydrogens (tertiary/aromatic N) is 1. The van der Waals surface area contributed by atoms with Crippen LogP contribution in [0.25, 0.3) is 6.08 Å². The van der Waals surface area contributed by atoms with Gasteiger partial charge in [-0.05, 0) is 54.1 Å². The molecule has 0 bridgehead atoms. The second-order valence-electron chi connectivity index (χ2n) is 5.78. The number of ether oxygens (including phenoxy) is 1. The van der Waals surface area contributed by atoms with Crippen molar-refractivity contribution >= 4 is 46.6 Å². The summed E-state index contributed by atoms with van der Waals surface area (Å²) in [6.07, 6.45) is 4.59. The van der Waals surface area contributed by atoms with Crippen molar-refractivity contribution in [3.63, 3.8) is 0 Å². The minimum Gasteiger partial charge on any atom is -0.504 e. The highest BCUT2D eigenvalue weighted by molar-refractivity contribution is 6.36. The van der Waals surface area contributed by atoms with Gasteiger partial charge in [0.1, 0.15) is 5.82 Å². The Morgan fingerprint density at radius 3 is 2.71 bits per heavy atom. The Morgan fingerprint density at radius 2 is 2.00 bits per heavy atom. The summed E-state index contributed by atoms with van der Waals surface area (Å²) in [5, 5.41) is 13.8. The van der Waals surface area contributed by atoms with E-state index in [2.05, 4.69) is 10.3 Å². The van der Waals surface area contributed by atoms with Gasteiger partial charge in [-0.3, -0.25) is 4.79 Å². The predicted molar refractivity (Wildman–Crippen MR) is 112 cm³/mol. The van der Waals surface area contributed by atoms with Crippen molar-refractivity contribution in [2.45, 2.75) is 0 Å². The van der Waals surface area contributed by atoms with E-state index in [1.54, 1.807) is 54.7 Å². The molecule has 0 spiro atoms. The van der Waals surface area contributed by atoms with E-state index in [1.165, 1.54) is 19.3 Å². The Bertz CT molecular complexity index is 1050. The number of nitrogens with one attached hydrogen (secondary N) is 1. The monoisotopic (exact) mass is 414 g/mol. The van der Waals surface area contributed by atoms with Crippen molar-refractivity contribution in [2.75, 3.05) is 12.4 Å². The van der Waals surface area contributed by atoms with E-state index in [-0.39, 0.29) is 11.5 Å². The van der Waals surface area contributed by atoms with Crippen LogP contribution in [0, 0.1) is 0 Å². The minimum absolute atomic E-state index is 0.00165. The lowest BCUT2D eigenvalue weighted by atomic mass is 10.1. The molecule has 3 rings (SSSR count). The van der Waals surface area contributed by atoms with Crippen LogP contribution in [0.4, 0.5) is 11.5 Å². The smallest absolute Gasteiger partial charge is 0.189 e. The van der Waals surface area contributed by atoms with E-state index in [4.69, 9.17) is 27.9 Å². The molecule has 0 aliphatic carbocycles. The number of allylic oxidation sites excluding steroid dienone is 1. The lowest BCUT2D eigenvalue weighted by molar-refractivity contribution is 0.104. The van der Waals surface area contributed by atoms with Crippen LogP contribution >= 0.6 is 23.2 Å². The number of hydrogen-bond acceptors (Lipinski definition) is 5. The van der Waals surface area contributed by atoms with Crippen molar-refractivity contribution in [3.8, 4) is 11.5 Å². The quantitative estimate of drug-likeness (QED) is 0.397. The maximum absolute atomic E-state index is 12.7. The average Bonchev–Trinajstić information content (AvgIpc) is 2.69. The third-order valence-electron chi connectivity index (χ3n) is 3.89. The van der Waals surface area contributed by atoms with Gasteiger partial charge in [-0.2, -0.15) is 0 Å². The fraction of sp³-hybridized carbons (Fsp3) is 0.0476. The topological polar surface area (TPSA) is 71.5 Å². The molecular formula is C21H16Cl2N2O3. The molecule has 0 aliphatic heterocycles. The van der Waals surface area contributed by atoms with E-state index in [0.717, 1.165) is 0 Å². The number of rotatable bonds is 6. The molecule has 7 heteroatoms. The van der Waals surface area contributed by atoms with E-state index in [9.17, 15) is 9.90 Å². The standard InChI is InChI=1S/C21H16Cl2N2O3/c1-28-20-9-5-13(11-19(20)27)4-8-18(26)15-3-2-10-24-21(15)25-17-7-6-14(22)12-16(17)23/h2-12,27H,1H3,(H,24,25). The third-order valence-corrected chi connectivity index (χ3v) is 4.44. The molecule has 142 valence electrons. The van der Waals surface area contributed by atoms with Crippen LogP contribution in [0.2, 0.25) is 10.0 Å². The zero-order valence-electron chi connectivity index (χ0n) is 14.8. The predicted octanol–water partition coefficient (Wildman–Crippen LogP) is 5.74. The summed E-state index contributed by atoms with van der Waals surface area (Å²) in [4.78, 5) is 16.9. The number of hydrogen-bond donors (Lipinski definition) is 2. The van der Waals surface area contributed by atoms with Crippen LogP contribution in [-0.2, 0) is 0 Å². The first-order valence-corrected chi connectivity index (χ1v) is 9.00. The molecule has 0 atom stereocenters.